The lowest BCUT2D eigenvalue weighted by molar-refractivity contribution is 0.587. The summed E-state index contributed by atoms with van der Waals surface area (Å²) in [4.78, 5) is 0.418. The molecule has 0 aromatic heterocycles. The van der Waals surface area contributed by atoms with E-state index in [1.807, 2.05) is 0 Å². The molecule has 0 bridgehead atoms. The molecular formula is C10H9ClO2S. The first-order chi connectivity index (χ1) is 6.56. The van der Waals surface area contributed by atoms with Gasteiger partial charge in [0.2, 0.25) is 0 Å². The molecule has 2 nitrogen and oxygen atoms in total. The largest absolute Gasteiger partial charge is 0.223 e. The van der Waals surface area contributed by atoms with E-state index in [2.05, 4.69) is 0 Å². The monoisotopic (exact) mass is 228 g/mol. The van der Waals surface area contributed by atoms with Gasteiger partial charge in [-0.3, -0.25) is 0 Å². The third kappa shape index (κ3) is 0.943. The van der Waals surface area contributed by atoms with Crippen LogP contribution < -0.4 is 0 Å². The first kappa shape index (κ1) is 8.74. The molecule has 3 rings (SSSR count). The molecule has 0 heterocycles. The Bertz CT molecular complexity index is 483. The lowest BCUT2D eigenvalue weighted by atomic mass is 10.4. The van der Waals surface area contributed by atoms with Gasteiger partial charge in [0, 0.05) is 5.02 Å². The van der Waals surface area contributed by atoms with Gasteiger partial charge in [-0.15, -0.1) is 0 Å². The van der Waals surface area contributed by atoms with E-state index < -0.39 is 9.84 Å². The molecule has 0 saturated heterocycles. The zero-order valence-corrected chi connectivity index (χ0v) is 8.98. The first-order valence-electron chi connectivity index (χ1n) is 4.56. The average molecular weight is 229 g/mol. The molecule has 4 heteroatoms. The second kappa shape index (κ2) is 2.34. The normalized spacial score (nSPS) is 33.6. The van der Waals surface area contributed by atoms with Crippen LogP contribution in [0.3, 0.4) is 0 Å². The minimum absolute atomic E-state index is 0.360. The van der Waals surface area contributed by atoms with Gasteiger partial charge in [0.05, 0.1) is 9.64 Å². The van der Waals surface area contributed by atoms with Crippen molar-refractivity contribution in [2.45, 2.75) is 22.5 Å². The van der Waals surface area contributed by atoms with Gasteiger partial charge in [-0.25, -0.2) is 8.42 Å². The van der Waals surface area contributed by atoms with Crippen LogP contribution in [0.5, 0.6) is 0 Å². The molecule has 74 valence electrons. The molecule has 2 saturated carbocycles. The lowest BCUT2D eigenvalue weighted by Gasteiger charge is -2.06. The van der Waals surface area contributed by atoms with E-state index in [0.29, 0.717) is 15.8 Å². The van der Waals surface area contributed by atoms with Crippen LogP contribution in [0.2, 0.25) is 5.02 Å². The van der Waals surface area contributed by atoms with Crippen LogP contribution in [-0.2, 0) is 9.84 Å². The van der Waals surface area contributed by atoms with Crippen LogP contribution in [0.1, 0.15) is 12.8 Å². The summed E-state index contributed by atoms with van der Waals surface area (Å²) in [5, 5.41) is 0.574. The van der Waals surface area contributed by atoms with E-state index in [1.165, 1.54) is 0 Å². The Kier molecular flexibility index (Phi) is 1.46. The summed E-state index contributed by atoms with van der Waals surface area (Å²) < 4.78 is 23.7. The molecule has 0 aliphatic heterocycles. The standard InChI is InChI=1S/C10H9ClO2S/c11-8-1-3-9(4-2-8)14(12,13)10-5-7(10)6-10/h1-4,7H,5-6H2. The highest BCUT2D eigenvalue weighted by atomic mass is 35.5. The fourth-order valence-electron chi connectivity index (χ4n) is 1.94. The van der Waals surface area contributed by atoms with Crippen molar-refractivity contribution >= 4 is 21.4 Å². The van der Waals surface area contributed by atoms with Crippen LogP contribution in [-0.4, -0.2) is 13.2 Å². The summed E-state index contributed by atoms with van der Waals surface area (Å²) in [6.45, 7) is 0. The van der Waals surface area contributed by atoms with Crippen molar-refractivity contribution in [3.63, 3.8) is 0 Å². The Hall–Kier alpha value is -0.540. The highest BCUT2D eigenvalue weighted by Gasteiger charge is 2.77. The second-order valence-corrected chi connectivity index (χ2v) is 6.86. The molecule has 0 unspecified atom stereocenters. The Morgan fingerprint density at radius 1 is 1.21 bits per heavy atom. The molecule has 2 aliphatic rings. The van der Waals surface area contributed by atoms with Crippen molar-refractivity contribution in [1.82, 2.24) is 0 Å². The third-order valence-corrected chi connectivity index (χ3v) is 6.15. The fourth-order valence-corrected chi connectivity index (χ4v) is 4.31. The zero-order chi connectivity index (χ0) is 9.97. The maximum Gasteiger partial charge on any atom is 0.184 e. The van der Waals surface area contributed by atoms with Gasteiger partial charge in [-0.05, 0) is 43.0 Å². The van der Waals surface area contributed by atoms with Crippen LogP contribution in [0, 0.1) is 5.92 Å². The number of fused-ring (bicyclic) bond motifs is 1. The highest BCUT2D eigenvalue weighted by Crippen LogP contribution is 2.73. The van der Waals surface area contributed by atoms with Crippen LogP contribution in [0.15, 0.2) is 29.2 Å². The average Bonchev–Trinajstić information content (AvgIpc) is 2.90. The molecule has 14 heavy (non-hydrogen) atoms. The number of sulfone groups is 1. The van der Waals surface area contributed by atoms with Crippen molar-refractivity contribution < 1.29 is 8.42 Å². The van der Waals surface area contributed by atoms with Gasteiger partial charge in [0.25, 0.3) is 0 Å². The van der Waals surface area contributed by atoms with Crippen molar-refractivity contribution in [2.75, 3.05) is 0 Å². The van der Waals surface area contributed by atoms with Gasteiger partial charge in [0.15, 0.2) is 9.84 Å². The predicted octanol–water partition coefficient (Wildman–Crippen LogP) is 2.28. The van der Waals surface area contributed by atoms with Crippen LogP contribution in [0.25, 0.3) is 0 Å². The van der Waals surface area contributed by atoms with Gasteiger partial charge in [-0.1, -0.05) is 11.6 Å². The minimum atomic E-state index is -3.07. The molecular weight excluding hydrogens is 220 g/mol. The van der Waals surface area contributed by atoms with Crippen LogP contribution in [0.4, 0.5) is 0 Å². The molecule has 2 fully saturated rings. The maximum atomic E-state index is 12.0. The molecule has 0 radical (unpaired) electrons. The quantitative estimate of drug-likeness (QED) is 0.778. The van der Waals surface area contributed by atoms with Crippen LogP contribution >= 0.6 is 11.6 Å². The zero-order valence-electron chi connectivity index (χ0n) is 7.40. The van der Waals surface area contributed by atoms with E-state index >= 15 is 0 Å². The van der Waals surface area contributed by atoms with E-state index in [4.69, 9.17) is 11.6 Å². The molecule has 1 aromatic rings. The summed E-state index contributed by atoms with van der Waals surface area (Å²) >= 11 is 5.71. The Balaban J connectivity index is 2.06. The van der Waals surface area contributed by atoms with Crippen molar-refractivity contribution in [3.8, 4) is 0 Å². The Labute approximate surface area is 87.8 Å². The molecule has 0 N–H and O–H groups in total. The number of hydrogen-bond acceptors (Lipinski definition) is 2. The molecule has 2 aliphatic carbocycles. The predicted molar refractivity (Wildman–Crippen MR) is 54.1 cm³/mol. The highest BCUT2D eigenvalue weighted by molar-refractivity contribution is 7.93. The van der Waals surface area contributed by atoms with Crippen molar-refractivity contribution in [2.24, 2.45) is 5.92 Å². The number of hydrogen-bond donors (Lipinski definition) is 0. The topological polar surface area (TPSA) is 34.1 Å². The van der Waals surface area contributed by atoms with Crippen molar-refractivity contribution in [3.05, 3.63) is 29.3 Å². The SMILES string of the molecule is O=S(=O)(c1ccc(Cl)cc1)C12CC1C2. The smallest absolute Gasteiger partial charge is 0.184 e. The van der Waals surface area contributed by atoms with E-state index in [-0.39, 0.29) is 4.75 Å². The van der Waals surface area contributed by atoms with E-state index in [0.717, 1.165) is 12.8 Å². The third-order valence-electron chi connectivity index (χ3n) is 3.27. The van der Waals surface area contributed by atoms with Crippen molar-refractivity contribution in [1.29, 1.82) is 0 Å². The van der Waals surface area contributed by atoms with Gasteiger partial charge < -0.3 is 0 Å². The first-order valence-corrected chi connectivity index (χ1v) is 6.43. The summed E-state index contributed by atoms with van der Waals surface area (Å²) in [6.07, 6.45) is 1.72. The van der Waals surface area contributed by atoms with Gasteiger partial charge >= 0.3 is 0 Å². The summed E-state index contributed by atoms with van der Waals surface area (Å²) in [5.74, 6) is 0.447. The summed E-state index contributed by atoms with van der Waals surface area (Å²) in [5.41, 5.74) is 0. The molecule has 0 spiro atoms. The number of rotatable bonds is 2. The molecule has 0 amide bonds. The second-order valence-electron chi connectivity index (χ2n) is 4.13. The van der Waals surface area contributed by atoms with E-state index in [9.17, 15) is 8.42 Å². The molecule has 0 atom stereocenters. The summed E-state index contributed by atoms with van der Waals surface area (Å²) in [6, 6.07) is 6.45. The van der Waals surface area contributed by atoms with E-state index in [1.54, 1.807) is 24.3 Å². The lowest BCUT2D eigenvalue weighted by Crippen LogP contribution is -2.13. The number of benzene rings is 1. The minimum Gasteiger partial charge on any atom is -0.223 e. The fraction of sp³-hybridized carbons (Fsp3) is 0.400. The Morgan fingerprint density at radius 3 is 2.14 bits per heavy atom. The number of halogens is 1. The Morgan fingerprint density at radius 2 is 1.71 bits per heavy atom. The van der Waals surface area contributed by atoms with Gasteiger partial charge in [0.1, 0.15) is 0 Å². The van der Waals surface area contributed by atoms with Gasteiger partial charge in [-0.2, -0.15) is 0 Å². The summed E-state index contributed by atoms with van der Waals surface area (Å²) in [7, 11) is -3.07. The molecule has 1 aromatic carbocycles. The maximum absolute atomic E-state index is 12.0.